The number of hydrogen-bond donors (Lipinski definition) is 4. The van der Waals surface area contributed by atoms with Gasteiger partial charge in [0.05, 0.1) is 5.54 Å². The van der Waals surface area contributed by atoms with Crippen molar-refractivity contribution < 1.29 is 23.8 Å². The van der Waals surface area contributed by atoms with Gasteiger partial charge in [-0.3, -0.25) is 13.9 Å². The number of carbonyl (C=O) groups is 2. The summed E-state index contributed by atoms with van der Waals surface area (Å²) >= 11 is 0. The number of carbonyl (C=O) groups excluding carboxylic acids is 1. The van der Waals surface area contributed by atoms with Gasteiger partial charge < -0.3 is 15.3 Å². The van der Waals surface area contributed by atoms with Gasteiger partial charge in [-0.05, 0) is 33.1 Å². The normalized spacial score (nSPS) is 21.0. The van der Waals surface area contributed by atoms with Crippen molar-refractivity contribution in [2.45, 2.75) is 32.7 Å². The zero-order valence-corrected chi connectivity index (χ0v) is 17.1. The number of rotatable bonds is 5. The topological polar surface area (TPSA) is 113 Å². The lowest BCUT2D eigenvalue weighted by molar-refractivity contribution is -0.125. The second kappa shape index (κ2) is 7.31. The lowest BCUT2D eigenvalue weighted by Gasteiger charge is -2.45. The van der Waals surface area contributed by atoms with Crippen molar-refractivity contribution in [2.24, 2.45) is 5.92 Å². The van der Waals surface area contributed by atoms with Crippen molar-refractivity contribution in [3.8, 4) is 0 Å². The fraction of sp³-hybridized carbons (Fsp3) is 0.474. The molecule has 0 atom stereocenters. The fourth-order valence-corrected chi connectivity index (χ4v) is 5.74. The van der Waals surface area contributed by atoms with Crippen molar-refractivity contribution in [3.05, 3.63) is 41.6 Å². The lowest BCUT2D eigenvalue weighted by atomic mass is 9.97. The summed E-state index contributed by atoms with van der Waals surface area (Å²) in [5, 5.41) is 12.0. The average molecular weight is 410 g/mol. The van der Waals surface area contributed by atoms with Crippen molar-refractivity contribution in [1.82, 2.24) is 14.5 Å². The van der Waals surface area contributed by atoms with Crippen molar-refractivity contribution in [1.29, 1.82) is 0 Å². The molecule has 28 heavy (non-hydrogen) atoms. The molecule has 8 nitrogen and oxygen atoms in total. The number of nitrogens with one attached hydrogen (secondary N) is 1. The van der Waals surface area contributed by atoms with Crippen molar-refractivity contribution in [3.63, 3.8) is 0 Å². The molecule has 2 amide bonds. The van der Waals surface area contributed by atoms with E-state index in [1.54, 1.807) is 45.0 Å². The summed E-state index contributed by atoms with van der Waals surface area (Å²) in [6.07, 6.45) is -0.226. The molecule has 1 aromatic rings. The first kappa shape index (κ1) is 20.5. The van der Waals surface area contributed by atoms with Crippen LogP contribution >= 0.6 is 10.8 Å². The number of nitrogens with zero attached hydrogens (tertiary/aromatic N) is 2. The molecule has 4 N–H and O–H groups in total. The molecular weight excluding hydrogens is 382 g/mol. The minimum atomic E-state index is -3.48. The van der Waals surface area contributed by atoms with E-state index in [0.717, 1.165) is 4.31 Å². The van der Waals surface area contributed by atoms with Gasteiger partial charge in [0.2, 0.25) is 0 Å². The molecule has 1 aromatic carbocycles. The number of carboxylic acid groups (broad SMARTS) is 1. The van der Waals surface area contributed by atoms with Crippen LogP contribution in [0.3, 0.4) is 0 Å². The molecule has 2 aliphatic heterocycles. The molecule has 0 unspecified atom stereocenters. The highest BCUT2D eigenvalue weighted by Crippen LogP contribution is 2.63. The van der Waals surface area contributed by atoms with Crippen LogP contribution in [-0.4, -0.2) is 60.6 Å². The molecule has 0 saturated carbocycles. The summed E-state index contributed by atoms with van der Waals surface area (Å²) in [6.45, 7) is 6.71. The molecule has 0 bridgehead atoms. The zero-order chi connectivity index (χ0) is 20.7. The maximum Gasteiger partial charge on any atom is 0.407 e. The summed E-state index contributed by atoms with van der Waals surface area (Å²) in [5.41, 5.74) is 0.0244. The first-order chi connectivity index (χ1) is 13.0. The van der Waals surface area contributed by atoms with Crippen LogP contribution in [0.1, 0.15) is 32.8 Å². The molecule has 0 radical (unpaired) electrons. The smallest absolute Gasteiger partial charge is 0.407 e. The van der Waals surface area contributed by atoms with Gasteiger partial charge in [-0.15, -0.1) is 0 Å². The number of likely N-dealkylation sites (tertiary alicyclic amines) is 1. The Morgan fingerprint density at radius 1 is 1.21 bits per heavy atom. The number of hydrogen-bond acceptors (Lipinski definition) is 5. The standard InChI is InChI=1S/C19H27N3O5S/c1-19(2,3)22-17(23)15(20-10-9-13-11-21(12-13)18(24)25)16(28(22,26)27)14-7-5-4-6-8-14/h4-8,13,20,26-27H,9-12H2,1-3H3,(H,24,25). The van der Waals surface area contributed by atoms with Crippen LogP contribution in [0.4, 0.5) is 4.79 Å². The number of benzene rings is 1. The number of amides is 2. The van der Waals surface area contributed by atoms with Crippen LogP contribution in [0.25, 0.3) is 4.91 Å². The van der Waals surface area contributed by atoms with E-state index in [0.29, 0.717) is 31.6 Å². The Morgan fingerprint density at radius 3 is 2.36 bits per heavy atom. The third kappa shape index (κ3) is 3.69. The molecule has 0 aliphatic carbocycles. The van der Waals surface area contributed by atoms with Crippen LogP contribution in [-0.2, 0) is 4.79 Å². The fourth-order valence-electron chi connectivity index (χ4n) is 3.59. The van der Waals surface area contributed by atoms with E-state index < -0.39 is 28.3 Å². The lowest BCUT2D eigenvalue weighted by Crippen LogP contribution is -2.50. The van der Waals surface area contributed by atoms with Gasteiger partial charge in [-0.2, -0.15) is 0 Å². The quantitative estimate of drug-likeness (QED) is 0.594. The largest absolute Gasteiger partial charge is 0.465 e. The van der Waals surface area contributed by atoms with Crippen LogP contribution < -0.4 is 5.32 Å². The third-order valence-electron chi connectivity index (χ3n) is 4.88. The Kier molecular flexibility index (Phi) is 5.35. The molecule has 0 spiro atoms. The summed E-state index contributed by atoms with van der Waals surface area (Å²) in [4.78, 5) is 25.5. The Labute approximate surface area is 166 Å². The predicted octanol–water partition coefficient (Wildman–Crippen LogP) is 3.25. The second-order valence-electron chi connectivity index (χ2n) is 8.13. The highest BCUT2D eigenvalue weighted by Gasteiger charge is 2.49. The molecule has 1 fully saturated rings. The van der Waals surface area contributed by atoms with Crippen molar-refractivity contribution >= 4 is 27.7 Å². The maximum atomic E-state index is 13.1. The van der Waals surface area contributed by atoms with E-state index in [9.17, 15) is 18.7 Å². The van der Waals surface area contributed by atoms with Gasteiger partial charge in [0.25, 0.3) is 5.91 Å². The molecular formula is C19H27N3O5S. The Hall–Kier alpha value is -2.23. The van der Waals surface area contributed by atoms with Crippen LogP contribution in [0.15, 0.2) is 36.0 Å². The SMILES string of the molecule is CC(C)(C)N1C(=O)C(NCCC2CN(C(=O)O)C2)=C(c2ccccc2)S1(O)O. The molecule has 154 valence electrons. The summed E-state index contributed by atoms with van der Waals surface area (Å²) < 4.78 is 23.1. The minimum absolute atomic E-state index is 0.204. The Morgan fingerprint density at radius 2 is 1.82 bits per heavy atom. The van der Waals surface area contributed by atoms with Crippen LogP contribution in [0.5, 0.6) is 0 Å². The minimum Gasteiger partial charge on any atom is -0.465 e. The van der Waals surface area contributed by atoms with Gasteiger partial charge in [-0.25, -0.2) is 9.10 Å². The predicted molar refractivity (Wildman–Crippen MR) is 109 cm³/mol. The van der Waals surface area contributed by atoms with Gasteiger partial charge in [0, 0.05) is 25.2 Å². The van der Waals surface area contributed by atoms with E-state index in [2.05, 4.69) is 5.32 Å². The maximum absolute atomic E-state index is 13.1. The van der Waals surface area contributed by atoms with E-state index in [1.807, 2.05) is 6.07 Å². The van der Waals surface area contributed by atoms with E-state index in [-0.39, 0.29) is 16.5 Å². The van der Waals surface area contributed by atoms with Gasteiger partial charge in [0.1, 0.15) is 10.6 Å². The van der Waals surface area contributed by atoms with E-state index in [4.69, 9.17) is 5.11 Å². The second-order valence-corrected chi connectivity index (χ2v) is 9.94. The summed E-state index contributed by atoms with van der Waals surface area (Å²) in [7, 11) is -3.48. The monoisotopic (exact) mass is 409 g/mol. The van der Waals surface area contributed by atoms with Gasteiger partial charge in [-0.1, -0.05) is 41.1 Å². The Bertz CT molecular complexity index is 798. The highest BCUT2D eigenvalue weighted by molar-refractivity contribution is 8.31. The molecule has 1 saturated heterocycles. The van der Waals surface area contributed by atoms with E-state index in [1.165, 1.54) is 4.90 Å². The molecule has 2 heterocycles. The summed E-state index contributed by atoms with van der Waals surface area (Å²) in [5.74, 6) is -0.202. The van der Waals surface area contributed by atoms with Crippen LogP contribution in [0.2, 0.25) is 0 Å². The van der Waals surface area contributed by atoms with Gasteiger partial charge in [0.15, 0.2) is 0 Å². The molecule has 9 heteroatoms. The van der Waals surface area contributed by atoms with Crippen molar-refractivity contribution in [2.75, 3.05) is 19.6 Å². The molecule has 2 aliphatic rings. The molecule has 0 aromatic heterocycles. The zero-order valence-electron chi connectivity index (χ0n) is 16.3. The Balaban J connectivity index is 1.82. The van der Waals surface area contributed by atoms with Gasteiger partial charge >= 0.3 is 6.09 Å². The first-order valence-electron chi connectivity index (χ1n) is 9.18. The first-order valence-corrected chi connectivity index (χ1v) is 10.7. The average Bonchev–Trinajstić information content (AvgIpc) is 2.74. The molecule has 3 rings (SSSR count). The van der Waals surface area contributed by atoms with E-state index >= 15 is 0 Å². The third-order valence-corrected chi connectivity index (χ3v) is 7.09. The summed E-state index contributed by atoms with van der Waals surface area (Å²) in [6, 6.07) is 8.90. The highest BCUT2D eigenvalue weighted by atomic mass is 32.3. The van der Waals surface area contributed by atoms with Crippen LogP contribution in [0, 0.1) is 5.92 Å².